The molecule has 1 aliphatic carbocycles. The highest BCUT2D eigenvalue weighted by molar-refractivity contribution is 5.81. The van der Waals surface area contributed by atoms with Crippen LogP contribution in [0, 0.1) is 5.92 Å². The second kappa shape index (κ2) is 7.80. The molecule has 0 unspecified atom stereocenters. The first-order chi connectivity index (χ1) is 12.9. The molecule has 1 aliphatic rings. The van der Waals surface area contributed by atoms with Gasteiger partial charge in [-0.2, -0.15) is 0 Å². The van der Waals surface area contributed by atoms with Crippen molar-refractivity contribution >= 4 is 12.1 Å². The third kappa shape index (κ3) is 3.80. The van der Waals surface area contributed by atoms with Crippen molar-refractivity contribution in [3.8, 4) is 11.1 Å². The Hall–Kier alpha value is -2.86. The predicted molar refractivity (Wildman–Crippen MR) is 100 cm³/mol. The van der Waals surface area contributed by atoms with E-state index in [-0.39, 0.29) is 18.4 Å². The number of carboxylic acid groups (broad SMARTS) is 1. The number of aliphatic hydroxyl groups is 1. The van der Waals surface area contributed by atoms with Gasteiger partial charge in [0.25, 0.3) is 0 Å². The number of hydrogen-bond acceptors (Lipinski definition) is 4. The summed E-state index contributed by atoms with van der Waals surface area (Å²) >= 11 is 0. The maximum atomic E-state index is 12.2. The zero-order chi connectivity index (χ0) is 19.6. The summed E-state index contributed by atoms with van der Waals surface area (Å²) in [6.07, 6.45) is -2.06. The van der Waals surface area contributed by atoms with Crippen molar-refractivity contribution in [1.29, 1.82) is 0 Å². The van der Waals surface area contributed by atoms with Crippen LogP contribution in [0.15, 0.2) is 48.5 Å². The topological polar surface area (TPSA) is 95.9 Å². The van der Waals surface area contributed by atoms with E-state index in [4.69, 9.17) is 4.74 Å². The second-order valence-corrected chi connectivity index (χ2v) is 7.02. The molecule has 27 heavy (non-hydrogen) atoms. The van der Waals surface area contributed by atoms with E-state index < -0.39 is 24.2 Å². The van der Waals surface area contributed by atoms with Crippen molar-refractivity contribution in [3.63, 3.8) is 0 Å². The van der Waals surface area contributed by atoms with E-state index in [9.17, 15) is 19.8 Å². The number of carbonyl (C=O) groups excluding carboxylic acids is 1. The fraction of sp³-hybridized carbons (Fsp3) is 0.333. The van der Waals surface area contributed by atoms with Gasteiger partial charge in [0, 0.05) is 5.92 Å². The molecular formula is C21H23NO5. The minimum absolute atomic E-state index is 0.0873. The summed E-state index contributed by atoms with van der Waals surface area (Å²) in [6.45, 7) is 3.45. The molecule has 2 aromatic rings. The zero-order valence-electron chi connectivity index (χ0n) is 15.3. The Morgan fingerprint density at radius 2 is 1.56 bits per heavy atom. The van der Waals surface area contributed by atoms with Crippen LogP contribution in [0.1, 0.15) is 30.9 Å². The lowest BCUT2D eigenvalue weighted by molar-refractivity contribution is -0.143. The molecule has 0 spiro atoms. The van der Waals surface area contributed by atoms with E-state index >= 15 is 0 Å². The molecule has 142 valence electrons. The fourth-order valence-corrected chi connectivity index (χ4v) is 3.45. The largest absolute Gasteiger partial charge is 0.480 e. The Labute approximate surface area is 157 Å². The van der Waals surface area contributed by atoms with Crippen LogP contribution in [0.3, 0.4) is 0 Å². The number of amides is 1. The van der Waals surface area contributed by atoms with E-state index in [2.05, 4.69) is 5.32 Å². The molecule has 2 atom stereocenters. The van der Waals surface area contributed by atoms with Gasteiger partial charge in [0.1, 0.15) is 6.61 Å². The lowest BCUT2D eigenvalue weighted by Crippen LogP contribution is -2.50. The lowest BCUT2D eigenvalue weighted by Gasteiger charge is -2.23. The summed E-state index contributed by atoms with van der Waals surface area (Å²) < 4.78 is 5.33. The summed E-state index contributed by atoms with van der Waals surface area (Å²) in [4.78, 5) is 23.5. The Kier molecular flexibility index (Phi) is 5.46. The number of hydrogen-bond donors (Lipinski definition) is 3. The number of benzene rings is 2. The van der Waals surface area contributed by atoms with Crippen LogP contribution in [0.4, 0.5) is 4.79 Å². The first-order valence-electron chi connectivity index (χ1n) is 8.92. The zero-order valence-corrected chi connectivity index (χ0v) is 15.3. The molecule has 6 heteroatoms. The van der Waals surface area contributed by atoms with E-state index in [1.165, 1.54) is 0 Å². The van der Waals surface area contributed by atoms with Crippen molar-refractivity contribution in [2.75, 3.05) is 6.61 Å². The molecule has 0 bridgehead atoms. The lowest BCUT2D eigenvalue weighted by atomic mass is 9.98. The van der Waals surface area contributed by atoms with E-state index in [1.54, 1.807) is 13.8 Å². The van der Waals surface area contributed by atoms with Gasteiger partial charge in [0.15, 0.2) is 6.04 Å². The van der Waals surface area contributed by atoms with Crippen molar-refractivity contribution < 1.29 is 24.5 Å². The number of aliphatic hydroxyl groups excluding tert-OH is 1. The molecule has 0 saturated heterocycles. The van der Waals surface area contributed by atoms with Gasteiger partial charge >= 0.3 is 12.1 Å². The summed E-state index contributed by atoms with van der Waals surface area (Å²) in [5.41, 5.74) is 4.37. The van der Waals surface area contributed by atoms with Gasteiger partial charge in [0.2, 0.25) is 0 Å². The highest BCUT2D eigenvalue weighted by atomic mass is 16.5. The van der Waals surface area contributed by atoms with Crippen LogP contribution in [0.2, 0.25) is 0 Å². The number of nitrogens with one attached hydrogen (secondary N) is 1. The van der Waals surface area contributed by atoms with Gasteiger partial charge in [-0.1, -0.05) is 62.4 Å². The Balaban J connectivity index is 1.71. The Morgan fingerprint density at radius 3 is 2.04 bits per heavy atom. The van der Waals surface area contributed by atoms with Crippen LogP contribution in [-0.2, 0) is 9.53 Å². The first-order valence-corrected chi connectivity index (χ1v) is 8.92. The predicted octanol–water partition coefficient (Wildman–Crippen LogP) is 3.00. The van der Waals surface area contributed by atoms with Crippen molar-refractivity contribution in [1.82, 2.24) is 5.32 Å². The maximum Gasteiger partial charge on any atom is 0.407 e. The van der Waals surface area contributed by atoms with Gasteiger partial charge in [-0.15, -0.1) is 0 Å². The third-order valence-corrected chi connectivity index (χ3v) is 4.91. The number of ether oxygens (including phenoxy) is 1. The molecular weight excluding hydrogens is 346 g/mol. The monoisotopic (exact) mass is 369 g/mol. The number of fused-ring (bicyclic) bond motifs is 3. The van der Waals surface area contributed by atoms with E-state index in [1.807, 2.05) is 48.5 Å². The van der Waals surface area contributed by atoms with Crippen molar-refractivity contribution in [2.45, 2.75) is 31.9 Å². The number of carboxylic acids is 1. The number of aliphatic carboxylic acids is 1. The SMILES string of the molecule is CC(C)[C@@H](O)[C@H](NC(=O)OCC1c2ccccc2-c2ccccc21)C(=O)O. The molecule has 0 radical (unpaired) electrons. The first kappa shape index (κ1) is 18.9. The molecule has 3 N–H and O–H groups in total. The molecule has 3 rings (SSSR count). The van der Waals surface area contributed by atoms with Crippen LogP contribution >= 0.6 is 0 Å². The van der Waals surface area contributed by atoms with Gasteiger partial charge in [-0.3, -0.25) is 0 Å². The number of rotatable bonds is 6. The highest BCUT2D eigenvalue weighted by Gasteiger charge is 2.32. The van der Waals surface area contributed by atoms with E-state index in [0.29, 0.717) is 0 Å². The molecule has 0 aliphatic heterocycles. The quantitative estimate of drug-likeness (QED) is 0.727. The van der Waals surface area contributed by atoms with E-state index in [0.717, 1.165) is 22.3 Å². The molecule has 0 aromatic heterocycles. The fourth-order valence-electron chi connectivity index (χ4n) is 3.45. The van der Waals surface area contributed by atoms with Gasteiger partial charge in [0.05, 0.1) is 6.10 Å². The molecule has 2 aromatic carbocycles. The molecule has 0 heterocycles. The summed E-state index contributed by atoms with van der Waals surface area (Å²) in [5.74, 6) is -1.73. The van der Waals surface area contributed by atoms with Gasteiger partial charge in [-0.25, -0.2) is 9.59 Å². The van der Waals surface area contributed by atoms with Crippen LogP contribution in [0.5, 0.6) is 0 Å². The highest BCUT2D eigenvalue weighted by Crippen LogP contribution is 2.44. The Morgan fingerprint density at radius 1 is 1.04 bits per heavy atom. The summed E-state index contributed by atoms with van der Waals surface area (Å²) in [5, 5.41) is 21.5. The van der Waals surface area contributed by atoms with Gasteiger partial charge in [-0.05, 0) is 28.2 Å². The number of carbonyl (C=O) groups is 2. The van der Waals surface area contributed by atoms with Crippen LogP contribution in [-0.4, -0.2) is 41.0 Å². The summed E-state index contributed by atoms with van der Waals surface area (Å²) in [7, 11) is 0. The van der Waals surface area contributed by atoms with Crippen molar-refractivity contribution in [2.24, 2.45) is 5.92 Å². The minimum Gasteiger partial charge on any atom is -0.480 e. The smallest absolute Gasteiger partial charge is 0.407 e. The average Bonchev–Trinajstić information content (AvgIpc) is 2.97. The van der Waals surface area contributed by atoms with Gasteiger partial charge < -0.3 is 20.3 Å². The van der Waals surface area contributed by atoms with Crippen LogP contribution in [0.25, 0.3) is 11.1 Å². The molecule has 6 nitrogen and oxygen atoms in total. The minimum atomic E-state index is -1.42. The molecule has 0 saturated carbocycles. The average molecular weight is 369 g/mol. The van der Waals surface area contributed by atoms with Crippen LogP contribution < -0.4 is 5.32 Å². The van der Waals surface area contributed by atoms with Crippen molar-refractivity contribution in [3.05, 3.63) is 59.7 Å². The Bertz CT molecular complexity index is 802. The molecule has 0 fully saturated rings. The third-order valence-electron chi connectivity index (χ3n) is 4.91. The number of alkyl carbamates (subject to hydrolysis) is 1. The standard InChI is InChI=1S/C21H23NO5/c1-12(2)19(23)18(20(24)25)22-21(26)27-11-17-15-9-5-3-7-13(15)14-8-4-6-10-16(14)17/h3-10,12,17-19,23H,11H2,1-2H3,(H,22,26)(H,24,25)/t18-,19+/m0/s1. The maximum absolute atomic E-state index is 12.2. The molecule has 1 amide bonds. The second-order valence-electron chi connectivity index (χ2n) is 7.02. The normalized spacial score (nSPS) is 15.0. The summed E-state index contributed by atoms with van der Waals surface area (Å²) in [6, 6.07) is 14.5.